The van der Waals surface area contributed by atoms with Crippen molar-refractivity contribution in [2.75, 3.05) is 19.6 Å². The van der Waals surface area contributed by atoms with Crippen molar-refractivity contribution in [3.05, 3.63) is 11.1 Å². The molecule has 3 nitrogen and oxygen atoms in total. The van der Waals surface area contributed by atoms with E-state index in [2.05, 4.69) is 77.0 Å². The molecule has 3 unspecified atom stereocenters. The third kappa shape index (κ3) is 8.94. The van der Waals surface area contributed by atoms with E-state index in [-0.39, 0.29) is 0 Å². The van der Waals surface area contributed by atoms with Crippen molar-refractivity contribution in [1.29, 1.82) is 0 Å². The molecule has 3 saturated carbocycles. The molecule has 0 radical (unpaired) electrons. The van der Waals surface area contributed by atoms with Crippen molar-refractivity contribution in [2.24, 2.45) is 17.8 Å². The largest absolute Gasteiger partial charge is 0.295 e. The standard InChI is InChI=1S/C17H29N.C13H25N.C11H21N/c1-17(2,3)18-12-6-9-16(18)15-8-5-4-7-14(15)13-10-11-13;1-13(2,3)14-10-6-9-12(14)11-7-4-5-8-11;1-11(2,3)12-8-4-5-10(12)9-6-7-9/h13,16H,4-12H2,1-3H3;11-12H,4-10H2,1-3H3;9-10H,4-8H2,1-3H3. The van der Waals surface area contributed by atoms with Gasteiger partial charge in [0.05, 0.1) is 0 Å². The monoisotopic (exact) mass is 610 g/mol. The van der Waals surface area contributed by atoms with Crippen molar-refractivity contribution < 1.29 is 0 Å². The van der Waals surface area contributed by atoms with E-state index in [1.807, 2.05) is 11.1 Å². The molecule has 7 rings (SSSR count). The first kappa shape index (κ1) is 34.9. The summed E-state index contributed by atoms with van der Waals surface area (Å²) < 4.78 is 0. The van der Waals surface area contributed by atoms with E-state index in [1.165, 1.54) is 135 Å². The SMILES string of the molecule is CC(C)(C)N1CCCC1C1=C(C2CC2)CCCC1.CC(C)(C)N1CCCC1C1CC1.CC(C)(C)N1CCCC1C1CCCC1. The molecule has 7 aliphatic rings. The minimum absolute atomic E-state index is 0.347. The van der Waals surface area contributed by atoms with Crippen LogP contribution in [0.1, 0.15) is 178 Å². The van der Waals surface area contributed by atoms with Crippen LogP contribution in [0.3, 0.4) is 0 Å². The zero-order valence-corrected chi connectivity index (χ0v) is 31.2. The Morgan fingerprint density at radius 1 is 0.409 bits per heavy atom. The minimum atomic E-state index is 0.347. The molecule has 3 aliphatic heterocycles. The Kier molecular flexibility index (Phi) is 11.4. The fourth-order valence-electron chi connectivity index (χ4n) is 10.2. The Hall–Kier alpha value is -0.380. The maximum absolute atomic E-state index is 2.79. The normalized spacial score (nSPS) is 31.7. The molecule has 0 aromatic heterocycles. The summed E-state index contributed by atoms with van der Waals surface area (Å²) in [4.78, 5) is 8.28. The van der Waals surface area contributed by atoms with Crippen LogP contribution in [-0.4, -0.2) is 69.1 Å². The molecule has 3 saturated heterocycles. The summed E-state index contributed by atoms with van der Waals surface area (Å²) in [6.07, 6.45) is 26.3. The molecule has 6 fully saturated rings. The molecule has 3 atom stereocenters. The van der Waals surface area contributed by atoms with Crippen LogP contribution in [0.5, 0.6) is 0 Å². The number of rotatable bonds is 4. The minimum Gasteiger partial charge on any atom is -0.295 e. The molecule has 0 bridgehead atoms. The van der Waals surface area contributed by atoms with Gasteiger partial charge in [0.2, 0.25) is 0 Å². The summed E-state index contributed by atoms with van der Waals surface area (Å²) in [5.74, 6) is 3.09. The molecule has 0 aromatic rings. The third-order valence-electron chi connectivity index (χ3n) is 12.6. The highest BCUT2D eigenvalue weighted by atomic mass is 15.2. The Balaban J connectivity index is 0.000000134. The molecule has 3 heterocycles. The van der Waals surface area contributed by atoms with E-state index in [4.69, 9.17) is 0 Å². The van der Waals surface area contributed by atoms with Crippen molar-refractivity contribution >= 4 is 0 Å². The van der Waals surface area contributed by atoms with Crippen molar-refractivity contribution in [3.63, 3.8) is 0 Å². The molecular weight excluding hydrogens is 534 g/mol. The second kappa shape index (κ2) is 14.4. The lowest BCUT2D eigenvalue weighted by molar-refractivity contribution is 0.0877. The Bertz CT molecular complexity index is 930. The molecule has 0 aromatic carbocycles. The van der Waals surface area contributed by atoms with Crippen molar-refractivity contribution in [2.45, 2.75) is 213 Å². The van der Waals surface area contributed by atoms with E-state index < -0.39 is 0 Å². The van der Waals surface area contributed by atoms with E-state index in [0.29, 0.717) is 16.6 Å². The quantitative estimate of drug-likeness (QED) is 0.294. The van der Waals surface area contributed by atoms with Gasteiger partial charge < -0.3 is 0 Å². The predicted molar refractivity (Wildman–Crippen MR) is 191 cm³/mol. The number of nitrogens with zero attached hydrogens (tertiary/aromatic N) is 3. The lowest BCUT2D eigenvalue weighted by Gasteiger charge is -2.40. The van der Waals surface area contributed by atoms with Gasteiger partial charge >= 0.3 is 0 Å². The highest BCUT2D eigenvalue weighted by Gasteiger charge is 2.42. The summed E-state index contributed by atoms with van der Waals surface area (Å²) in [5, 5.41) is 0. The summed E-state index contributed by atoms with van der Waals surface area (Å²) in [6, 6.07) is 2.64. The van der Waals surface area contributed by atoms with E-state index in [0.717, 1.165) is 35.9 Å². The van der Waals surface area contributed by atoms with Gasteiger partial charge in [-0.15, -0.1) is 0 Å². The summed E-state index contributed by atoms with van der Waals surface area (Å²) in [7, 11) is 0. The highest BCUT2D eigenvalue weighted by Crippen LogP contribution is 2.47. The first-order chi connectivity index (χ1) is 20.7. The summed E-state index contributed by atoms with van der Waals surface area (Å²) in [6.45, 7) is 25.4. The van der Waals surface area contributed by atoms with Gasteiger partial charge in [-0.3, -0.25) is 14.7 Å². The van der Waals surface area contributed by atoms with E-state index >= 15 is 0 Å². The maximum Gasteiger partial charge on any atom is 0.0315 e. The van der Waals surface area contributed by atoms with E-state index in [1.54, 1.807) is 0 Å². The van der Waals surface area contributed by atoms with Gasteiger partial charge in [-0.05, 0) is 202 Å². The molecule has 0 amide bonds. The van der Waals surface area contributed by atoms with Crippen LogP contribution in [-0.2, 0) is 0 Å². The Labute approximate surface area is 275 Å². The van der Waals surface area contributed by atoms with E-state index in [9.17, 15) is 0 Å². The second-order valence-corrected chi connectivity index (χ2v) is 19.1. The lowest BCUT2D eigenvalue weighted by atomic mass is 9.83. The topological polar surface area (TPSA) is 9.72 Å². The lowest BCUT2D eigenvalue weighted by Crippen LogP contribution is -2.47. The summed E-state index contributed by atoms with van der Waals surface area (Å²) >= 11 is 0. The molecular formula is C41H75N3. The van der Waals surface area contributed by atoms with Crippen molar-refractivity contribution in [3.8, 4) is 0 Å². The molecule has 3 heteroatoms. The highest BCUT2D eigenvalue weighted by molar-refractivity contribution is 5.28. The smallest absolute Gasteiger partial charge is 0.0315 e. The number of allylic oxidation sites excluding steroid dienone is 1. The third-order valence-corrected chi connectivity index (χ3v) is 12.6. The average Bonchev–Trinajstić information content (AvgIpc) is 3.64. The van der Waals surface area contributed by atoms with Crippen LogP contribution < -0.4 is 0 Å². The van der Waals surface area contributed by atoms with Gasteiger partial charge in [0.15, 0.2) is 0 Å². The molecule has 44 heavy (non-hydrogen) atoms. The second-order valence-electron chi connectivity index (χ2n) is 19.1. The molecule has 254 valence electrons. The van der Waals surface area contributed by atoms with Crippen LogP contribution >= 0.6 is 0 Å². The van der Waals surface area contributed by atoms with Gasteiger partial charge in [-0.2, -0.15) is 0 Å². The average molecular weight is 610 g/mol. The van der Waals surface area contributed by atoms with Crippen LogP contribution in [0.15, 0.2) is 11.1 Å². The van der Waals surface area contributed by atoms with Gasteiger partial charge in [-0.1, -0.05) is 24.0 Å². The zero-order chi connectivity index (χ0) is 31.7. The summed E-state index contributed by atoms with van der Waals surface area (Å²) in [5.41, 5.74) is 4.94. The predicted octanol–water partition coefficient (Wildman–Crippen LogP) is 10.6. The zero-order valence-electron chi connectivity index (χ0n) is 31.2. The maximum atomic E-state index is 2.79. The van der Waals surface area contributed by atoms with Gasteiger partial charge in [0, 0.05) is 34.7 Å². The van der Waals surface area contributed by atoms with Crippen LogP contribution in [0.2, 0.25) is 0 Å². The molecule has 0 spiro atoms. The first-order valence-corrected chi connectivity index (χ1v) is 19.8. The Morgan fingerprint density at radius 2 is 0.841 bits per heavy atom. The van der Waals surface area contributed by atoms with Crippen LogP contribution in [0.4, 0.5) is 0 Å². The number of hydrogen-bond donors (Lipinski definition) is 0. The number of likely N-dealkylation sites (tertiary alicyclic amines) is 3. The van der Waals surface area contributed by atoms with Crippen LogP contribution in [0.25, 0.3) is 0 Å². The van der Waals surface area contributed by atoms with Crippen molar-refractivity contribution in [1.82, 2.24) is 14.7 Å². The fraction of sp³-hybridized carbons (Fsp3) is 0.951. The van der Waals surface area contributed by atoms with Gasteiger partial charge in [-0.25, -0.2) is 0 Å². The number of hydrogen-bond acceptors (Lipinski definition) is 3. The fourth-order valence-corrected chi connectivity index (χ4v) is 10.2. The first-order valence-electron chi connectivity index (χ1n) is 19.8. The van der Waals surface area contributed by atoms with Crippen LogP contribution in [0, 0.1) is 17.8 Å². The molecule has 4 aliphatic carbocycles. The Morgan fingerprint density at radius 3 is 1.30 bits per heavy atom. The van der Waals surface area contributed by atoms with Gasteiger partial charge in [0.1, 0.15) is 0 Å². The van der Waals surface area contributed by atoms with Gasteiger partial charge in [0.25, 0.3) is 0 Å². The molecule has 0 N–H and O–H groups in total.